The number of aryl methyl sites for hydroxylation is 1. The predicted octanol–water partition coefficient (Wildman–Crippen LogP) is 1.87. The molecule has 0 radical (unpaired) electrons. The maximum Gasteiger partial charge on any atom is 0.123 e. The molecular formula is C10H11ClFN. The van der Waals surface area contributed by atoms with Crippen LogP contribution in [0.2, 0.25) is 0 Å². The second-order valence-electron chi connectivity index (χ2n) is 2.47. The van der Waals surface area contributed by atoms with Gasteiger partial charge in [0.15, 0.2) is 0 Å². The highest BCUT2D eigenvalue weighted by Crippen LogP contribution is 2.07. The zero-order chi connectivity index (χ0) is 8.97. The highest BCUT2D eigenvalue weighted by atomic mass is 35.5. The van der Waals surface area contributed by atoms with Crippen molar-refractivity contribution in [1.29, 1.82) is 0 Å². The second-order valence-corrected chi connectivity index (χ2v) is 2.47. The Morgan fingerprint density at radius 2 is 2.15 bits per heavy atom. The molecule has 0 fully saturated rings. The molecule has 0 atom stereocenters. The molecule has 0 unspecified atom stereocenters. The standard InChI is InChI=1S/C10H10FN.ClH/c1-8-7-10(11)5-4-9(8)3-2-6-12;/h4-5,7H,6,12H2,1H3;1H. The summed E-state index contributed by atoms with van der Waals surface area (Å²) in [4.78, 5) is 0. The molecule has 0 aliphatic carbocycles. The Labute approximate surface area is 83.5 Å². The number of halogens is 2. The maximum atomic E-state index is 12.6. The molecule has 1 aromatic carbocycles. The van der Waals surface area contributed by atoms with E-state index in [4.69, 9.17) is 5.73 Å². The number of hydrogen-bond acceptors (Lipinski definition) is 1. The largest absolute Gasteiger partial charge is 0.320 e. The van der Waals surface area contributed by atoms with E-state index in [9.17, 15) is 4.39 Å². The van der Waals surface area contributed by atoms with E-state index in [-0.39, 0.29) is 18.2 Å². The van der Waals surface area contributed by atoms with Crippen molar-refractivity contribution < 1.29 is 4.39 Å². The third kappa shape index (κ3) is 3.45. The highest BCUT2D eigenvalue weighted by Gasteiger charge is 1.95. The Bertz CT molecular complexity index is 339. The topological polar surface area (TPSA) is 26.0 Å². The van der Waals surface area contributed by atoms with Crippen LogP contribution in [-0.2, 0) is 0 Å². The lowest BCUT2D eigenvalue weighted by atomic mass is 10.1. The molecule has 0 bridgehead atoms. The smallest absolute Gasteiger partial charge is 0.123 e. The molecular weight excluding hydrogens is 189 g/mol. The van der Waals surface area contributed by atoms with E-state index in [1.807, 2.05) is 6.92 Å². The molecule has 0 aliphatic heterocycles. The van der Waals surface area contributed by atoms with Gasteiger partial charge in [-0.3, -0.25) is 0 Å². The van der Waals surface area contributed by atoms with Gasteiger partial charge >= 0.3 is 0 Å². The first-order valence-corrected chi connectivity index (χ1v) is 3.69. The van der Waals surface area contributed by atoms with Crippen molar-refractivity contribution in [2.24, 2.45) is 5.73 Å². The van der Waals surface area contributed by atoms with Gasteiger partial charge in [-0.1, -0.05) is 11.8 Å². The number of nitrogens with two attached hydrogens (primary N) is 1. The minimum Gasteiger partial charge on any atom is -0.320 e. The van der Waals surface area contributed by atoms with E-state index < -0.39 is 0 Å². The Hall–Kier alpha value is -1.04. The molecule has 0 amide bonds. The monoisotopic (exact) mass is 199 g/mol. The summed E-state index contributed by atoms with van der Waals surface area (Å²) in [5, 5.41) is 0. The Balaban J connectivity index is 0.00000144. The molecule has 1 nitrogen and oxygen atoms in total. The first-order valence-electron chi connectivity index (χ1n) is 3.69. The minimum absolute atomic E-state index is 0. The summed E-state index contributed by atoms with van der Waals surface area (Å²) < 4.78 is 12.6. The normalized spacial score (nSPS) is 8.23. The minimum atomic E-state index is -0.231. The van der Waals surface area contributed by atoms with Crippen LogP contribution in [0.1, 0.15) is 11.1 Å². The van der Waals surface area contributed by atoms with Crippen molar-refractivity contribution >= 4 is 12.4 Å². The van der Waals surface area contributed by atoms with E-state index in [1.54, 1.807) is 6.07 Å². The quantitative estimate of drug-likeness (QED) is 0.635. The molecule has 0 spiro atoms. The zero-order valence-electron chi connectivity index (χ0n) is 7.30. The fraction of sp³-hybridized carbons (Fsp3) is 0.200. The van der Waals surface area contributed by atoms with Crippen LogP contribution in [0.5, 0.6) is 0 Å². The summed E-state index contributed by atoms with van der Waals surface area (Å²) in [5.74, 6) is 5.35. The molecule has 3 heteroatoms. The summed E-state index contributed by atoms with van der Waals surface area (Å²) in [6.45, 7) is 2.15. The lowest BCUT2D eigenvalue weighted by Gasteiger charge is -1.96. The average molecular weight is 200 g/mol. The van der Waals surface area contributed by atoms with E-state index >= 15 is 0 Å². The predicted molar refractivity (Wildman–Crippen MR) is 54.3 cm³/mol. The van der Waals surface area contributed by atoms with E-state index in [2.05, 4.69) is 11.8 Å². The van der Waals surface area contributed by atoms with Gasteiger partial charge < -0.3 is 5.73 Å². The summed E-state index contributed by atoms with van der Waals surface area (Å²) in [6.07, 6.45) is 0. The van der Waals surface area contributed by atoms with Gasteiger partial charge in [0.1, 0.15) is 5.82 Å². The molecule has 70 valence electrons. The fourth-order valence-corrected chi connectivity index (χ4v) is 0.914. The van der Waals surface area contributed by atoms with Crippen molar-refractivity contribution in [2.75, 3.05) is 6.54 Å². The number of benzene rings is 1. The van der Waals surface area contributed by atoms with Crippen molar-refractivity contribution in [1.82, 2.24) is 0 Å². The fourth-order valence-electron chi connectivity index (χ4n) is 0.914. The van der Waals surface area contributed by atoms with Gasteiger partial charge in [0.05, 0.1) is 6.54 Å². The molecule has 0 saturated heterocycles. The second kappa shape index (κ2) is 5.58. The van der Waals surface area contributed by atoms with Crippen LogP contribution in [0.25, 0.3) is 0 Å². The van der Waals surface area contributed by atoms with Gasteiger partial charge in [-0.05, 0) is 30.7 Å². The van der Waals surface area contributed by atoms with Gasteiger partial charge in [-0.2, -0.15) is 0 Å². The van der Waals surface area contributed by atoms with E-state index in [1.165, 1.54) is 12.1 Å². The third-order valence-corrected chi connectivity index (χ3v) is 1.51. The number of rotatable bonds is 0. The van der Waals surface area contributed by atoms with Gasteiger partial charge in [0.25, 0.3) is 0 Å². The van der Waals surface area contributed by atoms with Crippen LogP contribution < -0.4 is 5.73 Å². The molecule has 1 rings (SSSR count). The SMILES string of the molecule is Cc1cc(F)ccc1C#CCN.Cl. The zero-order valence-corrected chi connectivity index (χ0v) is 8.12. The first kappa shape index (κ1) is 12.0. The van der Waals surface area contributed by atoms with Crippen LogP contribution >= 0.6 is 12.4 Å². The summed E-state index contributed by atoms with van der Waals surface area (Å²) in [7, 11) is 0. The van der Waals surface area contributed by atoms with Crippen LogP contribution in [0.15, 0.2) is 18.2 Å². The lowest BCUT2D eigenvalue weighted by molar-refractivity contribution is 0.626. The molecule has 2 N–H and O–H groups in total. The van der Waals surface area contributed by atoms with Crippen LogP contribution in [0.4, 0.5) is 4.39 Å². The Morgan fingerprint density at radius 1 is 1.46 bits per heavy atom. The molecule has 0 aliphatic rings. The summed E-state index contributed by atoms with van der Waals surface area (Å²) in [5.41, 5.74) is 6.89. The van der Waals surface area contributed by atoms with Crippen LogP contribution in [0, 0.1) is 24.6 Å². The van der Waals surface area contributed by atoms with Crippen LogP contribution in [-0.4, -0.2) is 6.54 Å². The summed E-state index contributed by atoms with van der Waals surface area (Å²) in [6, 6.07) is 4.52. The number of hydrogen-bond donors (Lipinski definition) is 1. The van der Waals surface area contributed by atoms with Gasteiger partial charge in [0, 0.05) is 5.56 Å². The van der Waals surface area contributed by atoms with Gasteiger partial charge in [-0.25, -0.2) is 4.39 Å². The summed E-state index contributed by atoms with van der Waals surface area (Å²) >= 11 is 0. The van der Waals surface area contributed by atoms with E-state index in [0.717, 1.165) is 11.1 Å². The molecule has 0 saturated carbocycles. The van der Waals surface area contributed by atoms with Gasteiger partial charge in [-0.15, -0.1) is 12.4 Å². The van der Waals surface area contributed by atoms with Crippen molar-refractivity contribution in [3.8, 4) is 11.8 Å². The molecule has 1 aromatic rings. The van der Waals surface area contributed by atoms with E-state index in [0.29, 0.717) is 6.54 Å². The van der Waals surface area contributed by atoms with Crippen LogP contribution in [0.3, 0.4) is 0 Å². The molecule has 0 aromatic heterocycles. The highest BCUT2D eigenvalue weighted by molar-refractivity contribution is 5.85. The Morgan fingerprint density at radius 3 is 2.69 bits per heavy atom. The van der Waals surface area contributed by atoms with Gasteiger partial charge in [0.2, 0.25) is 0 Å². The van der Waals surface area contributed by atoms with Crippen molar-refractivity contribution in [3.63, 3.8) is 0 Å². The molecule has 0 heterocycles. The third-order valence-electron chi connectivity index (χ3n) is 1.51. The molecule has 13 heavy (non-hydrogen) atoms. The van der Waals surface area contributed by atoms with Crippen molar-refractivity contribution in [3.05, 3.63) is 35.1 Å². The van der Waals surface area contributed by atoms with Crippen molar-refractivity contribution in [2.45, 2.75) is 6.92 Å². The first-order chi connectivity index (χ1) is 5.74. The maximum absolute atomic E-state index is 12.6. The lowest BCUT2D eigenvalue weighted by Crippen LogP contribution is -1.93. The Kier molecular flexibility index (Phi) is 5.13. The average Bonchev–Trinajstić information content (AvgIpc) is 2.03.